The summed E-state index contributed by atoms with van der Waals surface area (Å²) in [6.45, 7) is 0. The van der Waals surface area contributed by atoms with Gasteiger partial charge in [-0.3, -0.25) is 0 Å². The molecule has 0 aliphatic rings. The minimum absolute atomic E-state index is 0.141. The number of benzene rings is 3. The molecule has 0 aliphatic carbocycles. The predicted molar refractivity (Wildman–Crippen MR) is 185 cm³/mol. The van der Waals surface area contributed by atoms with E-state index in [1.165, 1.54) is 34.8 Å². The van der Waals surface area contributed by atoms with Crippen molar-refractivity contribution in [3.63, 3.8) is 0 Å². The highest BCUT2D eigenvalue weighted by Crippen LogP contribution is 2.54. The standard InChI is InChI=1S/C30H4Br4F10S4/c31-7-1-5(27-15(33)29-11(47-27)3-9(45-29)13-17(35)21(39)25(43)22(40)18(13)36)8(32)2-6(7)28-16(34)30-12(48-28)4-10(46-30)14-19(37)23(41)26(44)24(42)20(14)38/h1-4H. The van der Waals surface area contributed by atoms with Crippen LogP contribution in [0.3, 0.4) is 0 Å². The Bertz CT molecular complexity index is 2300. The normalized spacial score (nSPS) is 12.0. The van der Waals surface area contributed by atoms with Crippen molar-refractivity contribution < 1.29 is 43.9 Å². The molecule has 4 aromatic heterocycles. The second-order valence-electron chi connectivity index (χ2n) is 9.80. The van der Waals surface area contributed by atoms with Gasteiger partial charge in [0.1, 0.15) is 0 Å². The number of hydrogen-bond donors (Lipinski definition) is 0. The molecule has 0 atom stereocenters. The third kappa shape index (κ3) is 5.18. The minimum Gasteiger partial charge on any atom is -0.203 e. The van der Waals surface area contributed by atoms with Gasteiger partial charge in [0.2, 0.25) is 11.6 Å². The maximum atomic E-state index is 14.5. The van der Waals surface area contributed by atoms with Gasteiger partial charge in [-0.15, -0.1) is 45.3 Å². The summed E-state index contributed by atoms with van der Waals surface area (Å²) in [4.78, 5) is 1.10. The maximum Gasteiger partial charge on any atom is 0.200 e. The van der Waals surface area contributed by atoms with E-state index >= 15 is 0 Å². The van der Waals surface area contributed by atoms with Crippen molar-refractivity contribution in [3.05, 3.63) is 100 Å². The van der Waals surface area contributed by atoms with Gasteiger partial charge in [0.15, 0.2) is 46.5 Å². The first-order chi connectivity index (χ1) is 22.6. The fourth-order valence-corrected chi connectivity index (χ4v) is 13.2. The van der Waals surface area contributed by atoms with Gasteiger partial charge < -0.3 is 0 Å². The molecule has 0 N–H and O–H groups in total. The zero-order valence-electron chi connectivity index (χ0n) is 22.2. The molecule has 246 valence electrons. The maximum absolute atomic E-state index is 14.5. The van der Waals surface area contributed by atoms with Crippen molar-refractivity contribution in [3.8, 4) is 41.8 Å². The topological polar surface area (TPSA) is 0 Å². The highest BCUT2D eigenvalue weighted by atomic mass is 79.9. The average molecular weight is 1000 g/mol. The molecule has 3 aromatic carbocycles. The zero-order chi connectivity index (χ0) is 34.7. The van der Waals surface area contributed by atoms with Crippen LogP contribution in [0.2, 0.25) is 0 Å². The lowest BCUT2D eigenvalue weighted by molar-refractivity contribution is 0.381. The highest BCUT2D eigenvalue weighted by molar-refractivity contribution is 9.11. The van der Waals surface area contributed by atoms with Gasteiger partial charge in [-0.25, -0.2) is 43.9 Å². The zero-order valence-corrected chi connectivity index (χ0v) is 31.8. The van der Waals surface area contributed by atoms with Gasteiger partial charge in [-0.05, 0) is 56.1 Å². The van der Waals surface area contributed by atoms with E-state index in [0.29, 0.717) is 57.6 Å². The van der Waals surface area contributed by atoms with Gasteiger partial charge in [-0.1, -0.05) is 31.9 Å². The Kier molecular flexibility index (Phi) is 8.99. The van der Waals surface area contributed by atoms with E-state index in [-0.39, 0.29) is 9.75 Å². The van der Waals surface area contributed by atoms with Crippen LogP contribution in [-0.2, 0) is 0 Å². The van der Waals surface area contributed by atoms with Gasteiger partial charge in [0.25, 0.3) is 0 Å². The van der Waals surface area contributed by atoms with Crippen LogP contribution in [0.15, 0.2) is 42.2 Å². The van der Waals surface area contributed by atoms with Crippen molar-refractivity contribution in [1.82, 2.24) is 0 Å². The van der Waals surface area contributed by atoms with Crippen LogP contribution in [0.1, 0.15) is 0 Å². The van der Waals surface area contributed by atoms with E-state index in [4.69, 9.17) is 0 Å². The Morgan fingerprint density at radius 3 is 0.958 bits per heavy atom. The second-order valence-corrected chi connectivity index (χ2v) is 17.3. The Morgan fingerprint density at radius 1 is 0.375 bits per heavy atom. The van der Waals surface area contributed by atoms with E-state index < -0.39 is 69.3 Å². The third-order valence-corrected chi connectivity index (χ3v) is 16.0. The molecule has 7 aromatic rings. The van der Waals surface area contributed by atoms with Crippen molar-refractivity contribution in [2.45, 2.75) is 0 Å². The molecule has 48 heavy (non-hydrogen) atoms. The molecule has 0 nitrogen and oxygen atoms in total. The van der Waals surface area contributed by atoms with Crippen LogP contribution in [0.4, 0.5) is 43.9 Å². The minimum atomic E-state index is -2.24. The Labute approximate surface area is 311 Å². The van der Waals surface area contributed by atoms with Gasteiger partial charge in [0, 0.05) is 39.2 Å². The lowest BCUT2D eigenvalue weighted by Gasteiger charge is -2.10. The first-order valence-corrected chi connectivity index (χ1v) is 19.0. The van der Waals surface area contributed by atoms with E-state index in [9.17, 15) is 43.9 Å². The van der Waals surface area contributed by atoms with Crippen LogP contribution < -0.4 is 0 Å². The summed E-state index contributed by atoms with van der Waals surface area (Å²) in [6.07, 6.45) is 0. The monoisotopic (exact) mass is 998 g/mol. The summed E-state index contributed by atoms with van der Waals surface area (Å²) in [6, 6.07) is 6.30. The third-order valence-electron chi connectivity index (χ3n) is 7.08. The van der Waals surface area contributed by atoms with Crippen LogP contribution in [0.25, 0.3) is 60.6 Å². The SMILES string of the molecule is Fc1c(F)c(F)c(-c2cc3sc(-c4cc(Br)c(-c5sc6cc(-c7c(F)c(F)c(F)c(F)c7F)sc6c5Br)cc4Br)c(Br)c3s2)c(F)c1F. The first kappa shape index (κ1) is 34.6. The molecule has 0 spiro atoms. The molecule has 0 fully saturated rings. The van der Waals surface area contributed by atoms with Crippen molar-refractivity contribution in [1.29, 1.82) is 0 Å². The molecule has 4 heterocycles. The van der Waals surface area contributed by atoms with Crippen LogP contribution >= 0.6 is 109 Å². The number of rotatable bonds is 4. The predicted octanol–water partition coefficient (Wildman–Crippen LogP) is 15.3. The van der Waals surface area contributed by atoms with E-state index in [2.05, 4.69) is 63.7 Å². The molecule has 18 heteroatoms. The summed E-state index contributed by atoms with van der Waals surface area (Å²) in [5.74, 6) is -20.3. The molecule has 0 saturated heterocycles. The van der Waals surface area contributed by atoms with E-state index in [1.54, 1.807) is 12.1 Å². The van der Waals surface area contributed by atoms with Crippen molar-refractivity contribution in [2.24, 2.45) is 0 Å². The summed E-state index contributed by atoms with van der Waals surface area (Å²) in [7, 11) is 0. The Morgan fingerprint density at radius 2 is 0.667 bits per heavy atom. The quantitative estimate of drug-likeness (QED) is 0.0936. The van der Waals surface area contributed by atoms with Crippen molar-refractivity contribution in [2.75, 3.05) is 0 Å². The molecule has 0 radical (unpaired) electrons. The number of hydrogen-bond acceptors (Lipinski definition) is 4. The lowest BCUT2D eigenvalue weighted by atomic mass is 10.1. The average Bonchev–Trinajstić information content (AvgIpc) is 3.80. The number of thiophene rings is 4. The summed E-state index contributed by atoms with van der Waals surface area (Å²) in [5.41, 5.74) is -0.650. The molecule has 0 bridgehead atoms. The smallest absolute Gasteiger partial charge is 0.200 e. The highest BCUT2D eigenvalue weighted by Gasteiger charge is 2.30. The second kappa shape index (κ2) is 12.5. The van der Waals surface area contributed by atoms with Crippen LogP contribution in [-0.4, -0.2) is 0 Å². The van der Waals surface area contributed by atoms with Gasteiger partial charge >= 0.3 is 0 Å². The summed E-state index contributed by atoms with van der Waals surface area (Å²) < 4.78 is 145. The van der Waals surface area contributed by atoms with Gasteiger partial charge in [0.05, 0.1) is 39.2 Å². The summed E-state index contributed by atoms with van der Waals surface area (Å²) >= 11 is 18.3. The van der Waals surface area contributed by atoms with E-state index in [1.807, 2.05) is 0 Å². The lowest BCUT2D eigenvalue weighted by Crippen LogP contribution is -2.03. The molecular formula is C30H4Br4F10S4. The Balaban J connectivity index is 1.27. The molecule has 0 saturated carbocycles. The van der Waals surface area contributed by atoms with Gasteiger partial charge in [-0.2, -0.15) is 0 Å². The molecule has 0 aliphatic heterocycles. The fraction of sp³-hybridized carbons (Fsp3) is 0. The van der Waals surface area contributed by atoms with Crippen LogP contribution in [0.5, 0.6) is 0 Å². The summed E-state index contributed by atoms with van der Waals surface area (Å²) in [5, 5.41) is 0. The van der Waals surface area contributed by atoms with Crippen molar-refractivity contribution >= 4 is 128 Å². The van der Waals surface area contributed by atoms with E-state index in [0.717, 1.165) is 22.7 Å². The molecule has 0 amide bonds. The Hall–Kier alpha value is -1.80. The first-order valence-electron chi connectivity index (χ1n) is 12.6. The molecule has 0 unspecified atom stereocenters. The number of fused-ring (bicyclic) bond motifs is 2. The fourth-order valence-electron chi connectivity index (χ4n) is 4.85. The largest absolute Gasteiger partial charge is 0.203 e. The molecule has 7 rings (SSSR count). The molecular weight excluding hydrogens is 998 g/mol. The number of halogens is 14. The van der Waals surface area contributed by atoms with Crippen LogP contribution in [0, 0.1) is 58.2 Å².